The van der Waals surface area contributed by atoms with Crippen molar-refractivity contribution in [1.29, 1.82) is 0 Å². The van der Waals surface area contributed by atoms with E-state index in [9.17, 15) is 10.2 Å². The van der Waals surface area contributed by atoms with E-state index in [1.165, 1.54) is 12.1 Å². The second-order valence-corrected chi connectivity index (χ2v) is 4.44. The van der Waals surface area contributed by atoms with Crippen LogP contribution in [0.4, 0.5) is 5.69 Å². The Kier molecular flexibility index (Phi) is 2.52. The van der Waals surface area contributed by atoms with Crippen LogP contribution in [0.25, 0.3) is 11.0 Å². The molecule has 0 fully saturated rings. The van der Waals surface area contributed by atoms with Gasteiger partial charge in [-0.1, -0.05) is 6.07 Å². The first-order valence-corrected chi connectivity index (χ1v) is 5.85. The van der Waals surface area contributed by atoms with Gasteiger partial charge in [0, 0.05) is 12.2 Å². The van der Waals surface area contributed by atoms with Gasteiger partial charge in [-0.25, -0.2) is 4.98 Å². The van der Waals surface area contributed by atoms with Gasteiger partial charge in [-0.05, 0) is 35.9 Å². The maximum absolute atomic E-state index is 9.49. The molecule has 5 heteroatoms. The number of hydrogen-bond donors (Lipinski definition) is 3. The smallest absolute Gasteiger partial charge is 0.157 e. The first kappa shape index (κ1) is 11.4. The van der Waals surface area contributed by atoms with E-state index in [1.807, 2.05) is 22.8 Å². The molecular weight excluding hydrogens is 242 g/mol. The quantitative estimate of drug-likeness (QED) is 0.483. The molecular formula is C14H13N3O2. The molecule has 1 aromatic heterocycles. The highest BCUT2D eigenvalue weighted by Crippen LogP contribution is 2.26. The Bertz CT molecular complexity index is 750. The summed E-state index contributed by atoms with van der Waals surface area (Å²) >= 11 is 0. The number of benzene rings is 2. The van der Waals surface area contributed by atoms with Gasteiger partial charge in [-0.2, -0.15) is 0 Å². The maximum atomic E-state index is 9.49. The minimum atomic E-state index is -0.124. The standard InChI is InChI=1S/C14H13N3O2/c15-10-2-3-11-12(6-10)17(8-16-11)7-9-1-4-13(18)14(19)5-9/h1-6,8,18-19H,7,15H2. The van der Waals surface area contributed by atoms with Crippen molar-refractivity contribution in [3.05, 3.63) is 48.3 Å². The van der Waals surface area contributed by atoms with E-state index < -0.39 is 0 Å². The van der Waals surface area contributed by atoms with Gasteiger partial charge in [0.15, 0.2) is 11.5 Å². The molecule has 0 aliphatic heterocycles. The van der Waals surface area contributed by atoms with Crippen molar-refractivity contribution in [2.24, 2.45) is 0 Å². The number of phenolic OH excluding ortho intramolecular Hbond substituents is 2. The van der Waals surface area contributed by atoms with Crippen LogP contribution in [0, 0.1) is 0 Å². The van der Waals surface area contributed by atoms with Crippen LogP contribution in [-0.2, 0) is 6.54 Å². The minimum absolute atomic E-state index is 0.122. The number of hydrogen-bond acceptors (Lipinski definition) is 4. The average molecular weight is 255 g/mol. The normalized spacial score (nSPS) is 10.9. The van der Waals surface area contributed by atoms with Gasteiger partial charge in [0.1, 0.15) is 0 Å². The highest BCUT2D eigenvalue weighted by molar-refractivity contribution is 5.79. The summed E-state index contributed by atoms with van der Waals surface area (Å²) in [6.45, 7) is 0.549. The summed E-state index contributed by atoms with van der Waals surface area (Å²) in [5.74, 6) is -0.245. The number of phenols is 2. The lowest BCUT2D eigenvalue weighted by molar-refractivity contribution is 0.403. The van der Waals surface area contributed by atoms with Crippen LogP contribution in [-0.4, -0.2) is 19.8 Å². The number of nitrogens with zero attached hydrogens (tertiary/aromatic N) is 2. The van der Waals surface area contributed by atoms with Crippen LogP contribution in [0.3, 0.4) is 0 Å². The molecule has 0 saturated carbocycles. The van der Waals surface area contributed by atoms with Crippen molar-refractivity contribution in [2.75, 3.05) is 5.73 Å². The lowest BCUT2D eigenvalue weighted by Crippen LogP contribution is -1.98. The summed E-state index contributed by atoms with van der Waals surface area (Å²) in [5.41, 5.74) is 9.14. The topological polar surface area (TPSA) is 84.3 Å². The molecule has 19 heavy (non-hydrogen) atoms. The number of nitrogen functional groups attached to an aromatic ring is 1. The molecule has 1 heterocycles. The molecule has 0 aliphatic rings. The van der Waals surface area contributed by atoms with Crippen molar-refractivity contribution in [3.8, 4) is 11.5 Å². The summed E-state index contributed by atoms with van der Waals surface area (Å²) in [4.78, 5) is 4.29. The molecule has 4 N–H and O–H groups in total. The van der Waals surface area contributed by atoms with Crippen molar-refractivity contribution in [3.63, 3.8) is 0 Å². The fourth-order valence-electron chi connectivity index (χ4n) is 2.06. The third-order valence-corrected chi connectivity index (χ3v) is 3.04. The van der Waals surface area contributed by atoms with E-state index >= 15 is 0 Å². The third-order valence-electron chi connectivity index (χ3n) is 3.04. The van der Waals surface area contributed by atoms with E-state index in [0.29, 0.717) is 12.2 Å². The maximum Gasteiger partial charge on any atom is 0.157 e. The van der Waals surface area contributed by atoms with Gasteiger partial charge in [-0.3, -0.25) is 0 Å². The monoisotopic (exact) mass is 255 g/mol. The second kappa shape index (κ2) is 4.20. The average Bonchev–Trinajstić information content (AvgIpc) is 2.77. The molecule has 0 aliphatic carbocycles. The predicted molar refractivity (Wildman–Crippen MR) is 73.0 cm³/mol. The number of aromatic nitrogens is 2. The number of anilines is 1. The zero-order valence-electron chi connectivity index (χ0n) is 10.1. The fraction of sp³-hybridized carbons (Fsp3) is 0.0714. The van der Waals surface area contributed by atoms with Gasteiger partial charge < -0.3 is 20.5 Å². The summed E-state index contributed by atoms with van der Waals surface area (Å²) < 4.78 is 1.94. The molecule has 0 saturated heterocycles. The lowest BCUT2D eigenvalue weighted by Gasteiger charge is -2.06. The van der Waals surface area contributed by atoms with Gasteiger partial charge in [0.2, 0.25) is 0 Å². The van der Waals surface area contributed by atoms with E-state index in [4.69, 9.17) is 5.73 Å². The molecule has 5 nitrogen and oxygen atoms in total. The molecule has 0 bridgehead atoms. The van der Waals surface area contributed by atoms with Crippen molar-refractivity contribution >= 4 is 16.7 Å². The lowest BCUT2D eigenvalue weighted by atomic mass is 10.2. The van der Waals surface area contributed by atoms with Gasteiger partial charge in [0.05, 0.1) is 17.4 Å². The fourth-order valence-corrected chi connectivity index (χ4v) is 2.06. The van der Waals surface area contributed by atoms with E-state index in [1.54, 1.807) is 12.4 Å². The Morgan fingerprint density at radius 3 is 2.68 bits per heavy atom. The summed E-state index contributed by atoms with van der Waals surface area (Å²) in [7, 11) is 0. The largest absolute Gasteiger partial charge is 0.504 e. The van der Waals surface area contributed by atoms with Crippen LogP contribution in [0.1, 0.15) is 5.56 Å². The molecule has 0 amide bonds. The van der Waals surface area contributed by atoms with Crippen LogP contribution >= 0.6 is 0 Å². The van der Waals surface area contributed by atoms with Crippen LogP contribution in [0.2, 0.25) is 0 Å². The molecule has 3 rings (SSSR count). The molecule has 0 radical (unpaired) electrons. The van der Waals surface area contributed by atoms with Crippen molar-refractivity contribution in [1.82, 2.24) is 9.55 Å². The molecule has 3 aromatic rings. The zero-order valence-corrected chi connectivity index (χ0v) is 10.1. The Labute approximate surface area is 109 Å². The molecule has 0 unspecified atom stereocenters. The van der Waals surface area contributed by atoms with Gasteiger partial charge in [-0.15, -0.1) is 0 Å². The molecule has 0 spiro atoms. The van der Waals surface area contributed by atoms with Crippen LogP contribution in [0.5, 0.6) is 11.5 Å². The third kappa shape index (κ3) is 2.06. The van der Waals surface area contributed by atoms with E-state index in [0.717, 1.165) is 16.6 Å². The van der Waals surface area contributed by atoms with E-state index in [-0.39, 0.29) is 11.5 Å². The number of nitrogens with two attached hydrogens (primary N) is 1. The summed E-state index contributed by atoms with van der Waals surface area (Å²) in [6.07, 6.45) is 1.73. The minimum Gasteiger partial charge on any atom is -0.504 e. The summed E-state index contributed by atoms with van der Waals surface area (Å²) in [6, 6.07) is 10.3. The first-order valence-electron chi connectivity index (χ1n) is 5.85. The van der Waals surface area contributed by atoms with Gasteiger partial charge >= 0.3 is 0 Å². The number of aromatic hydroxyl groups is 2. The van der Waals surface area contributed by atoms with Crippen LogP contribution in [0.15, 0.2) is 42.7 Å². The van der Waals surface area contributed by atoms with Crippen molar-refractivity contribution < 1.29 is 10.2 Å². The Morgan fingerprint density at radius 2 is 1.89 bits per heavy atom. The Balaban J connectivity index is 2.00. The molecule has 2 aromatic carbocycles. The van der Waals surface area contributed by atoms with Crippen LogP contribution < -0.4 is 5.73 Å². The first-order chi connectivity index (χ1) is 9.13. The number of fused-ring (bicyclic) bond motifs is 1. The zero-order chi connectivity index (χ0) is 13.4. The number of rotatable bonds is 2. The SMILES string of the molecule is Nc1ccc2ncn(Cc3ccc(O)c(O)c3)c2c1. The second-order valence-electron chi connectivity index (χ2n) is 4.44. The predicted octanol–water partition coefficient (Wildman–Crippen LogP) is 2.08. The highest BCUT2D eigenvalue weighted by Gasteiger charge is 2.05. The highest BCUT2D eigenvalue weighted by atomic mass is 16.3. The number of imidazole rings is 1. The van der Waals surface area contributed by atoms with Crippen molar-refractivity contribution in [2.45, 2.75) is 6.54 Å². The Morgan fingerprint density at radius 1 is 1.05 bits per heavy atom. The van der Waals surface area contributed by atoms with Gasteiger partial charge in [0.25, 0.3) is 0 Å². The molecule has 0 atom stereocenters. The van der Waals surface area contributed by atoms with E-state index in [2.05, 4.69) is 4.98 Å². The summed E-state index contributed by atoms with van der Waals surface area (Å²) in [5, 5.41) is 18.8. The Hall–Kier alpha value is -2.69. The molecule has 96 valence electrons.